The Balaban J connectivity index is 1.55. The molecule has 1 saturated heterocycles. The lowest BCUT2D eigenvalue weighted by Gasteiger charge is -2.31. The summed E-state index contributed by atoms with van der Waals surface area (Å²) >= 11 is 0. The van der Waals surface area contributed by atoms with E-state index in [1.807, 2.05) is 0 Å². The molecule has 2 aromatic rings. The third kappa shape index (κ3) is 4.39. The predicted molar refractivity (Wildman–Crippen MR) is 85.5 cm³/mol. The van der Waals surface area contributed by atoms with Gasteiger partial charge < -0.3 is 10.3 Å². The van der Waals surface area contributed by atoms with E-state index in [1.165, 1.54) is 18.2 Å². The average molecular weight is 350 g/mol. The van der Waals surface area contributed by atoms with Crippen LogP contribution in [0.1, 0.15) is 41.3 Å². The van der Waals surface area contributed by atoms with Gasteiger partial charge in [0.15, 0.2) is 5.82 Å². The minimum Gasteiger partial charge on any atom is -0.361 e. The number of hydrogen-bond donors (Lipinski definition) is 1. The van der Waals surface area contributed by atoms with Gasteiger partial charge in [-0.25, -0.2) is 8.78 Å². The third-order valence-corrected chi connectivity index (χ3v) is 4.51. The summed E-state index contributed by atoms with van der Waals surface area (Å²) in [4.78, 5) is 17.1. The molecule has 1 atom stereocenters. The fourth-order valence-corrected chi connectivity index (χ4v) is 3.27. The largest absolute Gasteiger partial charge is 0.361 e. The van der Waals surface area contributed by atoms with Crippen LogP contribution < -0.4 is 5.73 Å². The van der Waals surface area contributed by atoms with Crippen molar-refractivity contribution in [1.82, 2.24) is 15.0 Å². The number of amides is 1. The Hall–Kier alpha value is -2.35. The lowest BCUT2D eigenvalue weighted by atomic mass is 9.91. The van der Waals surface area contributed by atoms with E-state index in [2.05, 4.69) is 15.0 Å². The summed E-state index contributed by atoms with van der Waals surface area (Å²) in [6.45, 7) is 2.13. The minimum absolute atomic E-state index is 0.156. The molecule has 0 spiro atoms. The van der Waals surface area contributed by atoms with E-state index in [0.29, 0.717) is 31.1 Å². The van der Waals surface area contributed by atoms with Crippen molar-refractivity contribution in [1.29, 1.82) is 0 Å². The standard InChI is InChI=1S/C17H20F2N4O2/c18-13-4-1-5-14(19)12(13)7-6-11-3-2-8-23(9-11)10-15-21-17(16(20)24)25-22-15/h1,4-5,11H,2-3,6-10H2,(H2,20,24)/t11-/m0/s1. The first-order valence-corrected chi connectivity index (χ1v) is 8.30. The second-order valence-corrected chi connectivity index (χ2v) is 6.36. The molecule has 1 aromatic carbocycles. The van der Waals surface area contributed by atoms with E-state index in [1.54, 1.807) is 0 Å². The average Bonchev–Trinajstić information content (AvgIpc) is 3.03. The number of nitrogens with zero attached hydrogens (tertiary/aromatic N) is 3. The first-order valence-electron chi connectivity index (χ1n) is 8.30. The maximum absolute atomic E-state index is 13.7. The van der Waals surface area contributed by atoms with Crippen LogP contribution >= 0.6 is 0 Å². The van der Waals surface area contributed by atoms with Gasteiger partial charge in [-0.3, -0.25) is 9.69 Å². The van der Waals surface area contributed by atoms with Crippen LogP contribution in [-0.4, -0.2) is 34.0 Å². The van der Waals surface area contributed by atoms with Gasteiger partial charge >= 0.3 is 11.8 Å². The third-order valence-electron chi connectivity index (χ3n) is 4.51. The van der Waals surface area contributed by atoms with Gasteiger partial charge in [-0.2, -0.15) is 4.98 Å². The Morgan fingerprint density at radius 3 is 2.80 bits per heavy atom. The van der Waals surface area contributed by atoms with E-state index in [9.17, 15) is 13.6 Å². The number of halogens is 2. The van der Waals surface area contributed by atoms with Crippen molar-refractivity contribution in [2.75, 3.05) is 13.1 Å². The number of aromatic nitrogens is 2. The van der Waals surface area contributed by atoms with Crippen molar-refractivity contribution >= 4 is 5.91 Å². The Labute approximate surface area is 144 Å². The van der Waals surface area contributed by atoms with Crippen LogP contribution in [-0.2, 0) is 13.0 Å². The molecule has 8 heteroatoms. The van der Waals surface area contributed by atoms with E-state index >= 15 is 0 Å². The van der Waals surface area contributed by atoms with Crippen molar-refractivity contribution < 1.29 is 18.1 Å². The Bertz CT molecular complexity index is 730. The SMILES string of the molecule is NC(=O)c1nc(CN2CCC[C@@H](CCc3c(F)cccc3F)C2)no1. The second-order valence-electron chi connectivity index (χ2n) is 6.36. The van der Waals surface area contributed by atoms with Gasteiger partial charge in [-0.05, 0) is 50.3 Å². The summed E-state index contributed by atoms with van der Waals surface area (Å²) in [6.07, 6.45) is 3.11. The smallest absolute Gasteiger partial charge is 0.315 e. The molecular weight excluding hydrogens is 330 g/mol. The summed E-state index contributed by atoms with van der Waals surface area (Å²) in [5.74, 6) is -1.16. The van der Waals surface area contributed by atoms with Crippen LogP contribution in [0.5, 0.6) is 0 Å². The molecule has 0 aliphatic carbocycles. The molecule has 3 rings (SSSR count). The van der Waals surface area contributed by atoms with Gasteiger partial charge in [0.2, 0.25) is 0 Å². The number of benzene rings is 1. The maximum atomic E-state index is 13.7. The number of nitrogens with two attached hydrogens (primary N) is 1. The van der Waals surface area contributed by atoms with Gasteiger partial charge in [0.1, 0.15) is 11.6 Å². The Morgan fingerprint density at radius 1 is 1.36 bits per heavy atom. The zero-order valence-corrected chi connectivity index (χ0v) is 13.8. The van der Waals surface area contributed by atoms with Crippen LogP contribution in [0.2, 0.25) is 0 Å². The maximum Gasteiger partial charge on any atom is 0.315 e. The van der Waals surface area contributed by atoms with Crippen LogP contribution in [0.3, 0.4) is 0 Å². The van der Waals surface area contributed by atoms with Gasteiger partial charge in [0.05, 0.1) is 6.54 Å². The molecular formula is C17H20F2N4O2. The molecule has 1 aromatic heterocycles. The highest BCUT2D eigenvalue weighted by atomic mass is 19.1. The number of likely N-dealkylation sites (tertiary alicyclic amines) is 1. The number of primary amides is 1. The molecule has 1 aliphatic heterocycles. The van der Waals surface area contributed by atoms with Crippen molar-refractivity contribution in [3.8, 4) is 0 Å². The quantitative estimate of drug-likeness (QED) is 0.864. The second kappa shape index (κ2) is 7.69. The summed E-state index contributed by atoms with van der Waals surface area (Å²) in [5, 5.41) is 3.75. The number of carbonyl (C=O) groups excluding carboxylic acids is 1. The van der Waals surface area contributed by atoms with Crippen molar-refractivity contribution in [2.24, 2.45) is 11.7 Å². The lowest BCUT2D eigenvalue weighted by Crippen LogP contribution is -2.35. The van der Waals surface area contributed by atoms with Gasteiger partial charge in [-0.1, -0.05) is 11.2 Å². The summed E-state index contributed by atoms with van der Waals surface area (Å²) < 4.78 is 32.2. The summed E-state index contributed by atoms with van der Waals surface area (Å²) in [5.41, 5.74) is 5.25. The molecule has 2 heterocycles. The number of hydrogen-bond acceptors (Lipinski definition) is 5. The zero-order valence-electron chi connectivity index (χ0n) is 13.8. The Morgan fingerprint density at radius 2 is 2.12 bits per heavy atom. The first-order chi connectivity index (χ1) is 12.0. The molecule has 1 fully saturated rings. The van der Waals surface area contributed by atoms with E-state index < -0.39 is 17.5 Å². The monoisotopic (exact) mass is 350 g/mol. The van der Waals surface area contributed by atoms with E-state index in [0.717, 1.165) is 25.9 Å². The van der Waals surface area contributed by atoms with Crippen molar-refractivity contribution in [3.05, 3.63) is 47.1 Å². The molecule has 2 N–H and O–H groups in total. The summed E-state index contributed by atoms with van der Waals surface area (Å²) in [7, 11) is 0. The van der Waals surface area contributed by atoms with Crippen LogP contribution in [0, 0.1) is 17.6 Å². The van der Waals surface area contributed by atoms with E-state index in [4.69, 9.17) is 10.3 Å². The number of piperidine rings is 1. The normalized spacial score (nSPS) is 18.4. The number of rotatable bonds is 6. The molecule has 1 amide bonds. The fraction of sp³-hybridized carbons (Fsp3) is 0.471. The molecule has 6 nitrogen and oxygen atoms in total. The van der Waals surface area contributed by atoms with E-state index in [-0.39, 0.29) is 11.5 Å². The fourth-order valence-electron chi connectivity index (χ4n) is 3.27. The molecule has 0 saturated carbocycles. The van der Waals surface area contributed by atoms with Gasteiger partial charge in [-0.15, -0.1) is 0 Å². The minimum atomic E-state index is -0.748. The lowest BCUT2D eigenvalue weighted by molar-refractivity contribution is 0.0958. The first kappa shape index (κ1) is 17.5. The Kier molecular flexibility index (Phi) is 5.37. The molecule has 1 aliphatic rings. The molecule has 134 valence electrons. The molecule has 25 heavy (non-hydrogen) atoms. The van der Waals surface area contributed by atoms with Crippen LogP contribution in [0.15, 0.2) is 22.7 Å². The topological polar surface area (TPSA) is 85.3 Å². The molecule has 0 radical (unpaired) electrons. The highest BCUT2D eigenvalue weighted by Crippen LogP contribution is 2.24. The van der Waals surface area contributed by atoms with Crippen LogP contribution in [0.25, 0.3) is 0 Å². The van der Waals surface area contributed by atoms with Gasteiger partial charge in [0.25, 0.3) is 0 Å². The molecule has 0 bridgehead atoms. The highest BCUT2D eigenvalue weighted by Gasteiger charge is 2.23. The molecule has 0 unspecified atom stereocenters. The van der Waals surface area contributed by atoms with Crippen molar-refractivity contribution in [3.63, 3.8) is 0 Å². The highest BCUT2D eigenvalue weighted by molar-refractivity contribution is 5.87. The number of carbonyl (C=O) groups is 1. The van der Waals surface area contributed by atoms with Gasteiger partial charge in [0, 0.05) is 12.1 Å². The van der Waals surface area contributed by atoms with Crippen molar-refractivity contribution in [2.45, 2.75) is 32.2 Å². The zero-order chi connectivity index (χ0) is 17.8. The van der Waals surface area contributed by atoms with Crippen LogP contribution in [0.4, 0.5) is 8.78 Å². The predicted octanol–water partition coefficient (Wildman–Crippen LogP) is 2.29. The summed E-state index contributed by atoms with van der Waals surface area (Å²) in [6, 6.07) is 3.96.